The number of rotatable bonds is 1. The molecule has 0 aromatic heterocycles. The fourth-order valence-corrected chi connectivity index (χ4v) is 2.61. The molecule has 0 saturated heterocycles. The molecule has 2 aromatic rings. The molecule has 3 heteroatoms. The molecule has 2 aromatic carbocycles. The molecule has 3 rings (SSSR count). The Labute approximate surface area is 115 Å². The summed E-state index contributed by atoms with van der Waals surface area (Å²) in [5.74, 6) is 1.05. The molecule has 1 aliphatic rings. The summed E-state index contributed by atoms with van der Waals surface area (Å²) in [7, 11) is 1.85. The molecule has 0 amide bonds. The van der Waals surface area contributed by atoms with Gasteiger partial charge in [-0.05, 0) is 29.8 Å². The number of anilines is 1. The van der Waals surface area contributed by atoms with Crippen LogP contribution < -0.4 is 4.90 Å². The maximum absolute atomic E-state index is 4.44. The van der Waals surface area contributed by atoms with E-state index >= 15 is 0 Å². The van der Waals surface area contributed by atoms with Gasteiger partial charge in [0.1, 0.15) is 5.84 Å². The maximum Gasteiger partial charge on any atom is 0.135 e. The normalized spacial score (nSPS) is 16.1. The van der Waals surface area contributed by atoms with Crippen molar-refractivity contribution < 1.29 is 0 Å². The quantitative estimate of drug-likeness (QED) is 0.781. The SMILES string of the molecule is CN=C1c2ccccc2CN1c1ccc(Br)cc1. The molecule has 0 N–H and O–H groups in total. The van der Waals surface area contributed by atoms with Crippen LogP contribution in [0.2, 0.25) is 0 Å². The van der Waals surface area contributed by atoms with Crippen LogP contribution in [-0.4, -0.2) is 12.9 Å². The highest BCUT2D eigenvalue weighted by atomic mass is 79.9. The van der Waals surface area contributed by atoms with Crippen molar-refractivity contribution >= 4 is 27.5 Å². The lowest BCUT2D eigenvalue weighted by atomic mass is 10.1. The Morgan fingerprint density at radius 1 is 1.06 bits per heavy atom. The third-order valence-electron chi connectivity index (χ3n) is 3.19. The molecular formula is C15H13BrN2. The summed E-state index contributed by atoms with van der Waals surface area (Å²) in [6.45, 7) is 0.893. The van der Waals surface area contributed by atoms with Gasteiger partial charge in [-0.1, -0.05) is 40.2 Å². The first-order chi connectivity index (χ1) is 8.79. The Morgan fingerprint density at radius 2 is 1.78 bits per heavy atom. The Morgan fingerprint density at radius 3 is 2.50 bits per heavy atom. The van der Waals surface area contributed by atoms with E-state index in [1.54, 1.807) is 0 Å². The van der Waals surface area contributed by atoms with E-state index in [-0.39, 0.29) is 0 Å². The number of hydrogen-bond donors (Lipinski definition) is 0. The number of amidine groups is 1. The van der Waals surface area contributed by atoms with E-state index in [0.717, 1.165) is 16.9 Å². The van der Waals surface area contributed by atoms with Crippen LogP contribution in [0.25, 0.3) is 0 Å². The van der Waals surface area contributed by atoms with Crippen LogP contribution >= 0.6 is 15.9 Å². The Kier molecular flexibility index (Phi) is 2.92. The second kappa shape index (κ2) is 4.58. The first kappa shape index (κ1) is 11.5. The molecule has 1 heterocycles. The summed E-state index contributed by atoms with van der Waals surface area (Å²) in [5.41, 5.74) is 3.75. The summed E-state index contributed by atoms with van der Waals surface area (Å²) in [5, 5.41) is 0. The van der Waals surface area contributed by atoms with Crippen molar-refractivity contribution in [2.24, 2.45) is 4.99 Å². The predicted molar refractivity (Wildman–Crippen MR) is 79.2 cm³/mol. The van der Waals surface area contributed by atoms with Gasteiger partial charge in [0, 0.05) is 22.8 Å². The minimum atomic E-state index is 0.893. The highest BCUT2D eigenvalue weighted by Gasteiger charge is 2.25. The Bertz CT molecular complexity index is 602. The van der Waals surface area contributed by atoms with Gasteiger partial charge < -0.3 is 4.90 Å². The summed E-state index contributed by atoms with van der Waals surface area (Å²) in [6, 6.07) is 16.8. The van der Waals surface area contributed by atoms with E-state index in [1.165, 1.54) is 16.8 Å². The maximum atomic E-state index is 4.44. The minimum Gasteiger partial charge on any atom is -0.322 e. The number of benzene rings is 2. The highest BCUT2D eigenvalue weighted by molar-refractivity contribution is 9.10. The molecular weight excluding hydrogens is 288 g/mol. The molecule has 18 heavy (non-hydrogen) atoms. The summed E-state index contributed by atoms with van der Waals surface area (Å²) in [4.78, 5) is 6.69. The molecule has 0 aliphatic carbocycles. The van der Waals surface area contributed by atoms with Gasteiger partial charge in [-0.2, -0.15) is 0 Å². The molecule has 0 bridgehead atoms. The van der Waals surface area contributed by atoms with Crippen LogP contribution in [-0.2, 0) is 6.54 Å². The topological polar surface area (TPSA) is 15.6 Å². The van der Waals surface area contributed by atoms with E-state index < -0.39 is 0 Å². The molecule has 0 radical (unpaired) electrons. The van der Waals surface area contributed by atoms with Crippen LogP contribution in [0.5, 0.6) is 0 Å². The van der Waals surface area contributed by atoms with Gasteiger partial charge in [0.05, 0.1) is 6.54 Å². The molecule has 0 saturated carbocycles. The van der Waals surface area contributed by atoms with Gasteiger partial charge in [-0.25, -0.2) is 0 Å². The van der Waals surface area contributed by atoms with Crippen molar-refractivity contribution in [3.8, 4) is 0 Å². The molecule has 1 aliphatic heterocycles. The lowest BCUT2D eigenvalue weighted by molar-refractivity contribution is 1.05. The number of fused-ring (bicyclic) bond motifs is 1. The lowest BCUT2D eigenvalue weighted by Gasteiger charge is -2.19. The van der Waals surface area contributed by atoms with Crippen molar-refractivity contribution in [2.45, 2.75) is 6.54 Å². The smallest absolute Gasteiger partial charge is 0.135 e. The average molecular weight is 301 g/mol. The summed E-state index contributed by atoms with van der Waals surface area (Å²) in [6.07, 6.45) is 0. The third kappa shape index (κ3) is 1.85. The first-order valence-electron chi connectivity index (χ1n) is 5.88. The van der Waals surface area contributed by atoms with Crippen molar-refractivity contribution in [1.29, 1.82) is 0 Å². The van der Waals surface area contributed by atoms with E-state index in [0.29, 0.717) is 0 Å². The zero-order valence-corrected chi connectivity index (χ0v) is 11.7. The molecule has 0 fully saturated rings. The van der Waals surface area contributed by atoms with Crippen LogP contribution in [0.15, 0.2) is 58.0 Å². The van der Waals surface area contributed by atoms with Gasteiger partial charge >= 0.3 is 0 Å². The van der Waals surface area contributed by atoms with E-state index in [2.05, 4.69) is 74.4 Å². The monoisotopic (exact) mass is 300 g/mol. The van der Waals surface area contributed by atoms with Crippen molar-refractivity contribution in [3.05, 3.63) is 64.1 Å². The first-order valence-corrected chi connectivity index (χ1v) is 6.67. The average Bonchev–Trinajstić information content (AvgIpc) is 2.78. The Balaban J connectivity index is 2.04. The van der Waals surface area contributed by atoms with E-state index in [4.69, 9.17) is 0 Å². The highest BCUT2D eigenvalue weighted by Crippen LogP contribution is 2.29. The fraction of sp³-hybridized carbons (Fsp3) is 0.133. The van der Waals surface area contributed by atoms with E-state index in [9.17, 15) is 0 Å². The molecule has 0 atom stereocenters. The van der Waals surface area contributed by atoms with Gasteiger partial charge in [0.15, 0.2) is 0 Å². The van der Waals surface area contributed by atoms with Crippen LogP contribution in [0, 0.1) is 0 Å². The zero-order chi connectivity index (χ0) is 12.5. The zero-order valence-electron chi connectivity index (χ0n) is 10.1. The summed E-state index contributed by atoms with van der Waals surface area (Å²) < 4.78 is 1.10. The van der Waals surface area contributed by atoms with Crippen molar-refractivity contribution in [1.82, 2.24) is 0 Å². The number of hydrogen-bond acceptors (Lipinski definition) is 1. The largest absolute Gasteiger partial charge is 0.322 e. The van der Waals surface area contributed by atoms with Gasteiger partial charge in [-0.3, -0.25) is 4.99 Å². The standard InChI is InChI=1S/C15H13BrN2/c1-17-15-14-5-3-2-4-11(14)10-18(15)13-8-6-12(16)7-9-13/h2-9H,10H2,1H3. The van der Waals surface area contributed by atoms with Gasteiger partial charge in [0.25, 0.3) is 0 Å². The molecule has 2 nitrogen and oxygen atoms in total. The second-order valence-electron chi connectivity index (χ2n) is 4.27. The molecule has 0 spiro atoms. The van der Waals surface area contributed by atoms with Crippen LogP contribution in [0.1, 0.15) is 11.1 Å². The number of halogens is 1. The fourth-order valence-electron chi connectivity index (χ4n) is 2.34. The summed E-state index contributed by atoms with van der Waals surface area (Å²) >= 11 is 3.47. The van der Waals surface area contributed by atoms with Gasteiger partial charge in [0.2, 0.25) is 0 Å². The van der Waals surface area contributed by atoms with E-state index in [1.807, 2.05) is 7.05 Å². The van der Waals surface area contributed by atoms with Gasteiger partial charge in [-0.15, -0.1) is 0 Å². The minimum absolute atomic E-state index is 0.893. The van der Waals surface area contributed by atoms with Crippen LogP contribution in [0.3, 0.4) is 0 Å². The number of aliphatic imine (C=N–C) groups is 1. The number of nitrogens with zero attached hydrogens (tertiary/aromatic N) is 2. The van der Waals surface area contributed by atoms with Crippen LogP contribution in [0.4, 0.5) is 5.69 Å². The van der Waals surface area contributed by atoms with Crippen molar-refractivity contribution in [3.63, 3.8) is 0 Å². The Hall–Kier alpha value is -1.61. The second-order valence-corrected chi connectivity index (χ2v) is 5.18. The lowest BCUT2D eigenvalue weighted by Crippen LogP contribution is -2.23. The third-order valence-corrected chi connectivity index (χ3v) is 3.72. The molecule has 0 unspecified atom stereocenters. The van der Waals surface area contributed by atoms with Crippen molar-refractivity contribution in [2.75, 3.05) is 11.9 Å². The predicted octanol–water partition coefficient (Wildman–Crippen LogP) is 3.85. The molecule has 90 valence electrons.